The van der Waals surface area contributed by atoms with E-state index in [1.807, 2.05) is 31.2 Å². The summed E-state index contributed by atoms with van der Waals surface area (Å²) in [5.41, 5.74) is 1.78. The van der Waals surface area contributed by atoms with Gasteiger partial charge in [-0.1, -0.05) is 59.1 Å². The zero-order valence-electron chi connectivity index (χ0n) is 18.0. The van der Waals surface area contributed by atoms with E-state index < -0.39 is 28.5 Å². The number of aryl methyl sites for hydroxylation is 1. The molecule has 1 atom stereocenters. The maximum absolute atomic E-state index is 13.4. The van der Waals surface area contributed by atoms with Gasteiger partial charge in [-0.05, 0) is 37.1 Å². The lowest BCUT2D eigenvalue weighted by atomic mass is 10.1. The number of carbonyl (C=O) groups is 2. The van der Waals surface area contributed by atoms with Crippen LogP contribution in [-0.4, -0.2) is 51.0 Å². The van der Waals surface area contributed by atoms with E-state index in [2.05, 4.69) is 5.32 Å². The van der Waals surface area contributed by atoms with Gasteiger partial charge in [0.1, 0.15) is 12.6 Å². The van der Waals surface area contributed by atoms with Crippen LogP contribution in [0.5, 0.6) is 0 Å². The van der Waals surface area contributed by atoms with Crippen LogP contribution in [0.3, 0.4) is 0 Å². The number of nitrogens with one attached hydrogen (secondary N) is 1. The van der Waals surface area contributed by atoms with Crippen molar-refractivity contribution in [2.45, 2.75) is 26.4 Å². The van der Waals surface area contributed by atoms with Crippen molar-refractivity contribution in [2.75, 3.05) is 24.2 Å². The molecular weight excluding hydrogens is 497 g/mol. The Morgan fingerprint density at radius 2 is 1.66 bits per heavy atom. The minimum atomic E-state index is -3.93. The normalized spacial score (nSPS) is 12.2. The number of likely N-dealkylation sites (N-methyl/N-ethyl adjacent to an activating group) is 1. The van der Waals surface area contributed by atoms with Crippen molar-refractivity contribution in [3.63, 3.8) is 0 Å². The minimum Gasteiger partial charge on any atom is -0.357 e. The van der Waals surface area contributed by atoms with Crippen molar-refractivity contribution < 1.29 is 18.0 Å². The Hall–Kier alpha value is -2.00. The first kappa shape index (κ1) is 26.3. The molecule has 0 aliphatic heterocycles. The number of benzene rings is 2. The molecule has 2 aromatic rings. The van der Waals surface area contributed by atoms with E-state index >= 15 is 0 Å². The summed E-state index contributed by atoms with van der Waals surface area (Å²) in [6.07, 6.45) is 0.951. The summed E-state index contributed by atoms with van der Waals surface area (Å²) in [6, 6.07) is 9.17. The topological polar surface area (TPSA) is 86.8 Å². The van der Waals surface area contributed by atoms with Gasteiger partial charge < -0.3 is 10.2 Å². The summed E-state index contributed by atoms with van der Waals surface area (Å²) in [4.78, 5) is 27.0. The molecule has 1 N–H and O–H groups in total. The number of nitrogens with zero attached hydrogens (tertiary/aromatic N) is 2. The molecule has 0 saturated heterocycles. The average Bonchev–Trinajstić information content (AvgIpc) is 2.72. The highest BCUT2D eigenvalue weighted by Gasteiger charge is 2.31. The van der Waals surface area contributed by atoms with E-state index in [4.69, 9.17) is 34.8 Å². The van der Waals surface area contributed by atoms with Crippen LogP contribution in [0, 0.1) is 6.92 Å². The van der Waals surface area contributed by atoms with Gasteiger partial charge in [-0.3, -0.25) is 13.9 Å². The van der Waals surface area contributed by atoms with Crippen LogP contribution in [0.15, 0.2) is 36.4 Å². The van der Waals surface area contributed by atoms with Crippen LogP contribution < -0.4 is 9.62 Å². The fourth-order valence-corrected chi connectivity index (χ4v) is 4.61. The van der Waals surface area contributed by atoms with E-state index in [0.717, 1.165) is 21.7 Å². The van der Waals surface area contributed by atoms with Crippen molar-refractivity contribution in [1.82, 2.24) is 10.2 Å². The molecular formula is C21H24Cl3N3O4S. The number of carbonyl (C=O) groups excluding carboxylic acids is 2. The number of amides is 2. The van der Waals surface area contributed by atoms with Gasteiger partial charge in [0.2, 0.25) is 21.8 Å². The van der Waals surface area contributed by atoms with Gasteiger partial charge in [-0.15, -0.1) is 0 Å². The molecule has 0 saturated carbocycles. The van der Waals surface area contributed by atoms with Crippen molar-refractivity contribution in [3.05, 3.63) is 62.6 Å². The predicted octanol–water partition coefficient (Wildman–Crippen LogP) is 3.88. The third-order valence-corrected chi connectivity index (χ3v) is 7.10. The second-order valence-corrected chi connectivity index (χ2v) is 10.4. The monoisotopic (exact) mass is 519 g/mol. The minimum absolute atomic E-state index is 0.0142. The van der Waals surface area contributed by atoms with Crippen molar-refractivity contribution in [3.8, 4) is 0 Å². The second-order valence-electron chi connectivity index (χ2n) is 7.23. The highest BCUT2D eigenvalue weighted by atomic mass is 35.5. The molecule has 0 radical (unpaired) electrons. The molecule has 11 heteroatoms. The van der Waals surface area contributed by atoms with Crippen molar-refractivity contribution in [1.29, 1.82) is 0 Å². The maximum atomic E-state index is 13.4. The van der Waals surface area contributed by atoms with Crippen LogP contribution in [0.2, 0.25) is 15.1 Å². The summed E-state index contributed by atoms with van der Waals surface area (Å²) < 4.78 is 26.0. The summed E-state index contributed by atoms with van der Waals surface area (Å²) >= 11 is 18.2. The first-order valence-electron chi connectivity index (χ1n) is 9.54. The van der Waals surface area contributed by atoms with E-state index in [1.54, 1.807) is 6.92 Å². The van der Waals surface area contributed by atoms with Gasteiger partial charge in [0.05, 0.1) is 27.0 Å². The molecule has 2 rings (SSSR count). The van der Waals surface area contributed by atoms with Crippen LogP contribution in [0.25, 0.3) is 0 Å². The molecule has 0 aliphatic carbocycles. The Labute approximate surface area is 203 Å². The van der Waals surface area contributed by atoms with Crippen LogP contribution >= 0.6 is 34.8 Å². The number of rotatable bonds is 8. The highest BCUT2D eigenvalue weighted by molar-refractivity contribution is 7.92. The van der Waals surface area contributed by atoms with E-state index in [0.29, 0.717) is 0 Å². The Morgan fingerprint density at radius 1 is 1.06 bits per heavy atom. The Balaban J connectivity index is 2.47. The fourth-order valence-electron chi connectivity index (χ4n) is 3.06. The van der Waals surface area contributed by atoms with Gasteiger partial charge in [0.25, 0.3) is 0 Å². The highest BCUT2D eigenvalue weighted by Crippen LogP contribution is 2.35. The SMILES string of the molecule is CNC(=O)C(C)N(Cc1ccccc1C)C(=O)CN(c1cc(Cl)c(Cl)cc1Cl)S(C)(=O)=O. The molecule has 2 amide bonds. The molecule has 174 valence electrons. The maximum Gasteiger partial charge on any atom is 0.244 e. The molecule has 32 heavy (non-hydrogen) atoms. The molecule has 0 fully saturated rings. The molecule has 7 nitrogen and oxygen atoms in total. The largest absolute Gasteiger partial charge is 0.357 e. The lowest BCUT2D eigenvalue weighted by Crippen LogP contribution is -2.50. The average molecular weight is 521 g/mol. The van der Waals surface area contributed by atoms with E-state index in [-0.39, 0.29) is 33.2 Å². The number of hydrogen-bond donors (Lipinski definition) is 1. The van der Waals surface area contributed by atoms with E-state index in [1.165, 1.54) is 24.1 Å². The molecule has 2 aromatic carbocycles. The Bertz CT molecular complexity index is 1130. The zero-order chi connectivity index (χ0) is 24.2. The quantitative estimate of drug-likeness (QED) is 0.535. The third-order valence-electron chi connectivity index (χ3n) is 4.95. The Kier molecular flexibility index (Phi) is 8.82. The predicted molar refractivity (Wildman–Crippen MR) is 129 cm³/mol. The Morgan fingerprint density at radius 3 is 2.22 bits per heavy atom. The van der Waals surface area contributed by atoms with Crippen LogP contribution in [0.1, 0.15) is 18.1 Å². The van der Waals surface area contributed by atoms with Gasteiger partial charge in [0.15, 0.2) is 0 Å². The first-order chi connectivity index (χ1) is 14.9. The molecule has 0 bridgehead atoms. The summed E-state index contributed by atoms with van der Waals surface area (Å²) in [6.45, 7) is 3.00. The van der Waals surface area contributed by atoms with Crippen LogP contribution in [-0.2, 0) is 26.2 Å². The fraction of sp³-hybridized carbons (Fsp3) is 0.333. The number of sulfonamides is 1. The molecule has 1 unspecified atom stereocenters. The third kappa shape index (κ3) is 6.28. The molecule has 0 heterocycles. The molecule has 0 aromatic heterocycles. The number of halogens is 3. The summed E-state index contributed by atoms with van der Waals surface area (Å²) in [5.74, 6) is -0.970. The van der Waals surface area contributed by atoms with Crippen molar-refractivity contribution in [2.24, 2.45) is 0 Å². The number of anilines is 1. The van der Waals surface area contributed by atoms with Crippen molar-refractivity contribution >= 4 is 62.3 Å². The lowest BCUT2D eigenvalue weighted by molar-refractivity contribution is -0.139. The molecule has 0 aliphatic rings. The van der Waals surface area contributed by atoms with E-state index in [9.17, 15) is 18.0 Å². The second kappa shape index (κ2) is 10.7. The van der Waals surface area contributed by atoms with Gasteiger partial charge in [0, 0.05) is 13.6 Å². The van der Waals surface area contributed by atoms with Gasteiger partial charge >= 0.3 is 0 Å². The summed E-state index contributed by atoms with van der Waals surface area (Å²) in [7, 11) is -2.47. The zero-order valence-corrected chi connectivity index (χ0v) is 21.1. The van der Waals surface area contributed by atoms with Gasteiger partial charge in [-0.2, -0.15) is 0 Å². The van der Waals surface area contributed by atoms with Crippen LogP contribution in [0.4, 0.5) is 5.69 Å². The summed E-state index contributed by atoms with van der Waals surface area (Å²) in [5, 5.41) is 2.77. The first-order valence-corrected chi connectivity index (χ1v) is 12.5. The number of hydrogen-bond acceptors (Lipinski definition) is 4. The smallest absolute Gasteiger partial charge is 0.244 e. The standard InChI is InChI=1S/C21H24Cl3N3O4S/c1-13-7-5-6-8-15(13)11-26(14(2)21(29)25-3)20(28)12-27(32(4,30)31)19-10-17(23)16(22)9-18(19)24/h5-10,14H,11-12H2,1-4H3,(H,25,29). The molecule has 0 spiro atoms. The van der Waals surface area contributed by atoms with Gasteiger partial charge in [-0.25, -0.2) is 8.42 Å². The lowest BCUT2D eigenvalue weighted by Gasteiger charge is -2.31.